The van der Waals surface area contributed by atoms with Crippen LogP contribution < -0.4 is 11.1 Å². The van der Waals surface area contributed by atoms with Crippen molar-refractivity contribution in [3.05, 3.63) is 42.0 Å². The number of amides is 1. The van der Waals surface area contributed by atoms with E-state index in [2.05, 4.69) is 29.2 Å². The minimum Gasteiger partial charge on any atom is -0.364 e. The summed E-state index contributed by atoms with van der Waals surface area (Å²) in [5.41, 5.74) is 7.22. The molecule has 2 aromatic heterocycles. The number of rotatable bonds is 6. The molecule has 0 bridgehead atoms. The number of aromatic nitrogens is 3. The van der Waals surface area contributed by atoms with Crippen LogP contribution in [0.25, 0.3) is 5.69 Å². The molecule has 6 nitrogen and oxygen atoms in total. The van der Waals surface area contributed by atoms with Gasteiger partial charge in [0.05, 0.1) is 17.6 Å². The maximum absolute atomic E-state index is 11.0. The molecule has 2 rings (SSSR count). The summed E-state index contributed by atoms with van der Waals surface area (Å²) >= 11 is 0. The molecule has 0 aliphatic rings. The molecule has 1 atom stereocenters. The smallest absolute Gasteiger partial charge is 0.269 e. The van der Waals surface area contributed by atoms with Crippen molar-refractivity contribution in [2.24, 2.45) is 5.73 Å². The molecule has 3 N–H and O–H groups in total. The Morgan fingerprint density at radius 1 is 1.40 bits per heavy atom. The molecule has 0 saturated heterocycles. The number of hydrogen-bond acceptors (Lipinski definition) is 4. The summed E-state index contributed by atoms with van der Waals surface area (Å²) in [7, 11) is 0. The van der Waals surface area contributed by atoms with Crippen LogP contribution in [0.4, 0.5) is 0 Å². The second-order valence-electron chi connectivity index (χ2n) is 4.47. The average molecular weight is 273 g/mol. The topological polar surface area (TPSA) is 85.8 Å². The molecule has 0 spiro atoms. The molecule has 2 heterocycles. The number of nitrogens with two attached hydrogens (primary N) is 1. The summed E-state index contributed by atoms with van der Waals surface area (Å²) in [6.45, 7) is 5.10. The minimum absolute atomic E-state index is 0.244. The number of pyridine rings is 1. The monoisotopic (exact) mass is 273 g/mol. The number of nitrogens with zero attached hydrogens (tertiary/aromatic N) is 3. The Bertz CT molecular complexity index is 576. The highest BCUT2D eigenvalue weighted by Gasteiger charge is 2.10. The van der Waals surface area contributed by atoms with E-state index in [0.717, 1.165) is 24.3 Å². The maximum Gasteiger partial charge on any atom is 0.269 e. The lowest BCUT2D eigenvalue weighted by atomic mass is 10.1. The van der Waals surface area contributed by atoms with Gasteiger partial charge in [-0.1, -0.05) is 13.8 Å². The highest BCUT2D eigenvalue weighted by molar-refractivity contribution is 5.90. The van der Waals surface area contributed by atoms with Crippen molar-refractivity contribution in [1.29, 1.82) is 0 Å². The minimum atomic E-state index is -0.536. The summed E-state index contributed by atoms with van der Waals surface area (Å²) in [5.74, 6) is -0.536. The van der Waals surface area contributed by atoms with E-state index in [-0.39, 0.29) is 11.7 Å². The molecule has 0 aliphatic heterocycles. The van der Waals surface area contributed by atoms with Crippen molar-refractivity contribution >= 4 is 5.91 Å². The Labute approximate surface area is 118 Å². The van der Waals surface area contributed by atoms with Crippen LogP contribution in [0.5, 0.6) is 0 Å². The van der Waals surface area contributed by atoms with Gasteiger partial charge in [-0.2, -0.15) is 5.10 Å². The lowest BCUT2D eigenvalue weighted by Gasteiger charge is -2.15. The van der Waals surface area contributed by atoms with Gasteiger partial charge in [0.2, 0.25) is 0 Å². The number of hydrogen-bond donors (Lipinski definition) is 2. The fraction of sp³-hybridized carbons (Fsp3) is 0.357. The SMILES string of the molecule is CCNC(CC)c1ccc(-n2ccc(C(N)=O)n2)cn1. The number of carbonyl (C=O) groups is 1. The van der Waals surface area contributed by atoms with Crippen LogP contribution in [0.3, 0.4) is 0 Å². The first-order valence-corrected chi connectivity index (χ1v) is 6.70. The van der Waals surface area contributed by atoms with E-state index in [1.165, 1.54) is 0 Å². The molecule has 0 saturated carbocycles. The lowest BCUT2D eigenvalue weighted by Crippen LogP contribution is -2.21. The van der Waals surface area contributed by atoms with Crippen LogP contribution in [-0.4, -0.2) is 27.2 Å². The Morgan fingerprint density at radius 2 is 2.20 bits per heavy atom. The fourth-order valence-electron chi connectivity index (χ4n) is 2.04. The first-order valence-electron chi connectivity index (χ1n) is 6.70. The van der Waals surface area contributed by atoms with Gasteiger partial charge >= 0.3 is 0 Å². The molecule has 0 aromatic carbocycles. The van der Waals surface area contributed by atoms with Crippen molar-refractivity contribution in [1.82, 2.24) is 20.1 Å². The van der Waals surface area contributed by atoms with Crippen LogP contribution >= 0.6 is 0 Å². The van der Waals surface area contributed by atoms with Gasteiger partial charge in [-0.3, -0.25) is 9.78 Å². The van der Waals surface area contributed by atoms with Gasteiger partial charge in [-0.05, 0) is 31.2 Å². The second-order valence-corrected chi connectivity index (χ2v) is 4.47. The molecule has 1 amide bonds. The van der Waals surface area contributed by atoms with Crippen molar-refractivity contribution in [2.75, 3.05) is 6.54 Å². The Morgan fingerprint density at radius 3 is 2.70 bits per heavy atom. The number of carbonyl (C=O) groups excluding carboxylic acids is 1. The van der Waals surface area contributed by atoms with E-state index in [1.54, 1.807) is 23.1 Å². The van der Waals surface area contributed by atoms with Crippen LogP contribution in [0, 0.1) is 0 Å². The van der Waals surface area contributed by atoms with Crippen LogP contribution in [0.1, 0.15) is 42.5 Å². The second kappa shape index (κ2) is 6.29. The normalized spacial score (nSPS) is 12.3. The predicted molar refractivity (Wildman–Crippen MR) is 76.6 cm³/mol. The number of nitrogens with one attached hydrogen (secondary N) is 1. The quantitative estimate of drug-likeness (QED) is 0.833. The zero-order chi connectivity index (χ0) is 14.5. The Hall–Kier alpha value is -2.21. The zero-order valence-corrected chi connectivity index (χ0v) is 11.7. The van der Waals surface area contributed by atoms with Gasteiger partial charge in [0, 0.05) is 12.2 Å². The van der Waals surface area contributed by atoms with E-state index in [4.69, 9.17) is 5.73 Å². The van der Waals surface area contributed by atoms with E-state index in [1.807, 2.05) is 12.1 Å². The molecule has 0 aliphatic carbocycles. The molecule has 0 radical (unpaired) electrons. The van der Waals surface area contributed by atoms with E-state index < -0.39 is 5.91 Å². The molecular weight excluding hydrogens is 254 g/mol. The zero-order valence-electron chi connectivity index (χ0n) is 11.7. The van der Waals surface area contributed by atoms with Crippen LogP contribution in [-0.2, 0) is 0 Å². The molecule has 0 fully saturated rings. The predicted octanol–water partition coefficient (Wildman–Crippen LogP) is 1.43. The lowest BCUT2D eigenvalue weighted by molar-refractivity contribution is 0.0995. The molecule has 1 unspecified atom stereocenters. The fourth-order valence-corrected chi connectivity index (χ4v) is 2.04. The highest BCUT2D eigenvalue weighted by Crippen LogP contribution is 2.15. The highest BCUT2D eigenvalue weighted by atomic mass is 16.1. The van der Waals surface area contributed by atoms with Gasteiger partial charge in [0.25, 0.3) is 5.91 Å². The standard InChI is InChI=1S/C14H19N5O/c1-3-11(16-4-2)12-6-5-10(9-17-12)19-8-7-13(18-19)14(15)20/h5-9,11,16H,3-4H2,1-2H3,(H2,15,20). The maximum atomic E-state index is 11.0. The van der Waals surface area contributed by atoms with Crippen molar-refractivity contribution in [3.8, 4) is 5.69 Å². The average Bonchev–Trinajstić information content (AvgIpc) is 2.95. The van der Waals surface area contributed by atoms with Gasteiger partial charge in [-0.15, -0.1) is 0 Å². The first kappa shape index (κ1) is 14.2. The van der Waals surface area contributed by atoms with Gasteiger partial charge in [0.15, 0.2) is 0 Å². The van der Waals surface area contributed by atoms with Gasteiger partial charge in [-0.25, -0.2) is 4.68 Å². The van der Waals surface area contributed by atoms with Crippen molar-refractivity contribution in [3.63, 3.8) is 0 Å². The summed E-state index contributed by atoms with van der Waals surface area (Å²) < 4.78 is 1.59. The number of primary amides is 1. The molecule has 20 heavy (non-hydrogen) atoms. The summed E-state index contributed by atoms with van der Waals surface area (Å²) in [5, 5.41) is 7.48. The molecule has 106 valence electrons. The Kier molecular flexibility index (Phi) is 4.47. The summed E-state index contributed by atoms with van der Waals surface area (Å²) in [4.78, 5) is 15.5. The third-order valence-corrected chi connectivity index (χ3v) is 3.09. The summed E-state index contributed by atoms with van der Waals surface area (Å²) in [6, 6.07) is 5.74. The first-order chi connectivity index (χ1) is 9.65. The van der Waals surface area contributed by atoms with Crippen molar-refractivity contribution < 1.29 is 4.79 Å². The third kappa shape index (κ3) is 3.03. The van der Waals surface area contributed by atoms with Gasteiger partial charge in [0.1, 0.15) is 5.69 Å². The van der Waals surface area contributed by atoms with E-state index in [9.17, 15) is 4.79 Å². The Balaban J connectivity index is 2.20. The summed E-state index contributed by atoms with van der Waals surface area (Å²) in [6.07, 6.45) is 4.42. The van der Waals surface area contributed by atoms with Crippen molar-refractivity contribution in [2.45, 2.75) is 26.3 Å². The molecular formula is C14H19N5O. The molecule has 6 heteroatoms. The largest absolute Gasteiger partial charge is 0.364 e. The van der Waals surface area contributed by atoms with E-state index >= 15 is 0 Å². The van der Waals surface area contributed by atoms with Gasteiger partial charge < -0.3 is 11.1 Å². The third-order valence-electron chi connectivity index (χ3n) is 3.09. The van der Waals surface area contributed by atoms with Crippen LogP contribution in [0.15, 0.2) is 30.6 Å². The van der Waals surface area contributed by atoms with Crippen LogP contribution in [0.2, 0.25) is 0 Å². The van der Waals surface area contributed by atoms with E-state index in [0.29, 0.717) is 0 Å². The molecule has 2 aromatic rings.